The van der Waals surface area contributed by atoms with Crippen molar-refractivity contribution in [2.45, 2.75) is 252 Å². The molecule has 0 aromatic rings. The Morgan fingerprint density at radius 1 is 0.788 bits per heavy atom. The summed E-state index contributed by atoms with van der Waals surface area (Å²) in [6, 6.07) is 0. The third-order valence-electron chi connectivity index (χ3n) is 17.1. The molecule has 0 aromatic carbocycles. The number of esters is 1. The van der Waals surface area contributed by atoms with E-state index in [-0.39, 0.29) is 91.4 Å². The lowest BCUT2D eigenvalue weighted by Crippen LogP contribution is -2.63. The molecule has 1 spiro atoms. The Balaban J connectivity index is 0.996. The van der Waals surface area contributed by atoms with Crippen LogP contribution in [0.15, 0.2) is 37.0 Å². The number of carbonyl (C=O) groups is 2. The molecule has 66 heavy (non-hydrogen) atoms. The summed E-state index contributed by atoms with van der Waals surface area (Å²) >= 11 is 0. The van der Waals surface area contributed by atoms with Crippen LogP contribution in [0.1, 0.15) is 125 Å². The number of ether oxygens (including phenoxy) is 10. The summed E-state index contributed by atoms with van der Waals surface area (Å²) in [6.45, 7) is 28.3. The van der Waals surface area contributed by atoms with E-state index in [2.05, 4.69) is 67.4 Å². The van der Waals surface area contributed by atoms with Gasteiger partial charge in [-0.2, -0.15) is 0 Å². The zero-order chi connectivity index (χ0) is 46.9. The molecule has 20 atom stereocenters. The number of hydrogen-bond acceptors (Lipinski definition) is 14. The quantitative estimate of drug-likeness (QED) is 0.0890. The van der Waals surface area contributed by atoms with Crippen LogP contribution < -0.4 is 0 Å². The lowest BCUT2D eigenvalue weighted by atomic mass is 9.79. The van der Waals surface area contributed by atoms with Crippen LogP contribution in [0.3, 0.4) is 0 Å². The molecule has 0 radical (unpaired) electrons. The van der Waals surface area contributed by atoms with Gasteiger partial charge in [0.05, 0.1) is 98.8 Å². The van der Waals surface area contributed by atoms with Gasteiger partial charge in [0.2, 0.25) is 0 Å². The molecule has 1 unspecified atom stereocenters. The fourth-order valence-corrected chi connectivity index (χ4v) is 13.8. The van der Waals surface area contributed by atoms with Crippen molar-refractivity contribution < 1.29 is 66.5 Å². The number of hydrogen-bond donors (Lipinski definition) is 1. The van der Waals surface area contributed by atoms with Gasteiger partial charge in [-0.25, -0.2) is 0 Å². The van der Waals surface area contributed by atoms with Gasteiger partial charge in [0.25, 0.3) is 0 Å². The van der Waals surface area contributed by atoms with Gasteiger partial charge >= 0.3 is 5.97 Å². The molecule has 370 valence electrons. The van der Waals surface area contributed by atoms with E-state index in [1.165, 1.54) is 0 Å². The molecule has 9 saturated heterocycles. The van der Waals surface area contributed by atoms with E-state index < -0.39 is 74.8 Å². The van der Waals surface area contributed by atoms with Gasteiger partial charge in [-0.3, -0.25) is 4.79 Å². The van der Waals surface area contributed by atoms with Gasteiger partial charge in [0, 0.05) is 38.0 Å². The number of aliphatic hydroxyl groups is 1. The van der Waals surface area contributed by atoms with Crippen LogP contribution in [-0.4, -0.2) is 142 Å². The molecule has 14 nitrogen and oxygen atoms in total. The normalized spacial score (nSPS) is 47.7. The van der Waals surface area contributed by atoms with Gasteiger partial charge < -0.3 is 61.7 Å². The van der Waals surface area contributed by atoms with Gasteiger partial charge in [0.15, 0.2) is 19.9 Å². The summed E-state index contributed by atoms with van der Waals surface area (Å²) in [4.78, 5) is 26.4. The minimum Gasteiger partial charge on any atom is -0.459 e. The Morgan fingerprint density at radius 3 is 2.27 bits per heavy atom. The Hall–Kier alpha value is -1.86. The molecule has 0 amide bonds. The maximum atomic E-state index is 14.3. The second-order valence-electron chi connectivity index (χ2n) is 22.8. The first-order valence-corrected chi connectivity index (χ1v) is 28.1. The maximum absolute atomic E-state index is 14.3. The zero-order valence-electron chi connectivity index (χ0n) is 40.5. The van der Waals surface area contributed by atoms with E-state index in [0.717, 1.165) is 43.1 Å². The van der Waals surface area contributed by atoms with Crippen LogP contribution in [-0.2, 0) is 61.4 Å². The minimum atomic E-state index is -2.25. The average molecular weight is 943 g/mol. The van der Waals surface area contributed by atoms with Crippen LogP contribution in [0, 0.1) is 11.8 Å². The second-order valence-corrected chi connectivity index (χ2v) is 27.6. The lowest BCUT2D eigenvalue weighted by molar-refractivity contribution is -0.293. The third kappa shape index (κ3) is 9.78. The molecular weight excluding hydrogens is 865 g/mol. The summed E-state index contributed by atoms with van der Waals surface area (Å²) in [5.41, 5.74) is 2.08. The molecule has 0 saturated carbocycles. The highest BCUT2D eigenvalue weighted by atomic mass is 28.4. The SMILES string of the molecule is C=CCOC1(O)C[C@]23CC[C@H]4CC(=C)[C@H](CC[C@H]5C[C@@H](C)C(=C)[C@@H](C[C@@H]6O[C@H]7C[C@@H](O[Si](C)(C)C(C)(C)C)[C@@H](CC=O)O[C@H]7[C@H](C)[C@H]6OC(=O)C[C@H]6CC[C@@H]7O[C@H](C[C@@H](O2)[C@H]7O6)[C@H]1O3)O5)O4. The highest BCUT2D eigenvalue weighted by Gasteiger charge is 2.66. The first kappa shape index (κ1) is 49.1. The van der Waals surface area contributed by atoms with Crippen molar-refractivity contribution in [2.75, 3.05) is 6.61 Å². The lowest BCUT2D eigenvalue weighted by Gasteiger charge is -2.53. The number of rotatable bonds is 7. The van der Waals surface area contributed by atoms with E-state index in [0.29, 0.717) is 44.9 Å². The molecule has 9 rings (SSSR count). The highest BCUT2D eigenvalue weighted by Crippen LogP contribution is 2.53. The standard InChI is InChI=1S/C51H78O14Si/c1-11-20-55-51(54)27-50-18-16-34-22-29(3)35(56-34)14-12-32-21-28(2)30(4)38(57-32)24-40-46(31(5)45-41(60-40)25-39(36(61-45)17-19-52)65-66(9,10)49(6,7)8)62-44(53)23-33-13-15-37-47(58-33)42(63-50)26-43(59-37)48(51)64-50/h11,19,28,31-43,45-48,54H,1,3-4,12-18,20-27H2,2,5-10H3/t28-,31+,32+,33-,34+,35+,36-,37+,38-,39-,40+,41+,42-,43-,45+,46-,47+,48-,50-,51?/m1/s1. The monoisotopic (exact) mass is 943 g/mol. The van der Waals surface area contributed by atoms with Crippen LogP contribution in [0.25, 0.3) is 0 Å². The van der Waals surface area contributed by atoms with Crippen molar-refractivity contribution in [3.63, 3.8) is 0 Å². The van der Waals surface area contributed by atoms with Crippen LogP contribution in [0.5, 0.6) is 0 Å². The molecule has 9 fully saturated rings. The van der Waals surface area contributed by atoms with Crippen molar-refractivity contribution in [3.05, 3.63) is 37.0 Å². The van der Waals surface area contributed by atoms with Crippen LogP contribution in [0.4, 0.5) is 0 Å². The third-order valence-corrected chi connectivity index (χ3v) is 21.6. The summed E-state index contributed by atoms with van der Waals surface area (Å²) in [6.07, 6.45) is 3.54. The smallest absolute Gasteiger partial charge is 0.308 e. The first-order valence-electron chi connectivity index (χ1n) is 25.2. The molecule has 9 aliphatic rings. The van der Waals surface area contributed by atoms with Crippen molar-refractivity contribution in [2.24, 2.45) is 11.8 Å². The van der Waals surface area contributed by atoms with E-state index in [1.54, 1.807) is 6.08 Å². The van der Waals surface area contributed by atoms with Crippen molar-refractivity contribution in [3.8, 4) is 0 Å². The average Bonchev–Trinajstić information content (AvgIpc) is 3.72. The topological polar surface area (TPSA) is 156 Å². The van der Waals surface area contributed by atoms with Crippen LogP contribution >= 0.6 is 0 Å². The maximum Gasteiger partial charge on any atom is 0.308 e. The van der Waals surface area contributed by atoms with E-state index in [9.17, 15) is 14.7 Å². The summed E-state index contributed by atoms with van der Waals surface area (Å²) in [5.74, 6) is -3.26. The van der Waals surface area contributed by atoms with Gasteiger partial charge in [0.1, 0.15) is 24.6 Å². The van der Waals surface area contributed by atoms with Crippen molar-refractivity contribution in [1.29, 1.82) is 0 Å². The molecule has 9 heterocycles. The fourth-order valence-electron chi connectivity index (χ4n) is 12.4. The Kier molecular flexibility index (Phi) is 14.2. The van der Waals surface area contributed by atoms with E-state index in [4.69, 9.17) is 51.8 Å². The molecule has 0 aliphatic carbocycles. The zero-order valence-corrected chi connectivity index (χ0v) is 41.5. The molecule has 9 aliphatic heterocycles. The predicted molar refractivity (Wildman–Crippen MR) is 245 cm³/mol. The van der Waals surface area contributed by atoms with E-state index >= 15 is 0 Å². The molecular formula is C51H78O14Si. The predicted octanol–water partition coefficient (Wildman–Crippen LogP) is 7.34. The Bertz CT molecular complexity index is 1820. The molecule has 15 heteroatoms. The van der Waals surface area contributed by atoms with Gasteiger partial charge in [-0.05, 0) is 80.1 Å². The number of aldehydes is 1. The van der Waals surface area contributed by atoms with Crippen molar-refractivity contribution >= 4 is 20.6 Å². The van der Waals surface area contributed by atoms with Gasteiger partial charge in [-0.15, -0.1) is 6.58 Å². The van der Waals surface area contributed by atoms with E-state index in [1.807, 2.05) is 0 Å². The summed E-state index contributed by atoms with van der Waals surface area (Å²) < 4.78 is 74.5. The number of fused-ring (bicyclic) bond motifs is 10. The van der Waals surface area contributed by atoms with Crippen LogP contribution in [0.2, 0.25) is 18.1 Å². The molecule has 0 aromatic heterocycles. The van der Waals surface area contributed by atoms with Gasteiger partial charge in [-0.1, -0.05) is 53.9 Å². The number of carbonyl (C=O) groups excluding carboxylic acids is 2. The van der Waals surface area contributed by atoms with Crippen molar-refractivity contribution in [1.82, 2.24) is 0 Å². The largest absolute Gasteiger partial charge is 0.459 e. The first-order chi connectivity index (χ1) is 31.3. The summed E-state index contributed by atoms with van der Waals surface area (Å²) in [5, 5.41) is 12.0. The highest BCUT2D eigenvalue weighted by molar-refractivity contribution is 6.74. The summed E-state index contributed by atoms with van der Waals surface area (Å²) in [7, 11) is -2.25. The second kappa shape index (κ2) is 19.0. The fraction of sp³-hybridized carbons (Fsp3) is 0.843. The molecule has 10 bridgehead atoms. The molecule has 1 N–H and O–H groups in total. The minimum absolute atomic E-state index is 0.0374. The Labute approximate surface area is 393 Å². The Morgan fingerprint density at radius 2 is 1.52 bits per heavy atom.